The first-order chi connectivity index (χ1) is 12.4. The number of hydrogen-bond acceptors (Lipinski definition) is 1. The first kappa shape index (κ1) is 23.5. The maximum Gasteiger partial charge on any atom is 0.000967 e. The van der Waals surface area contributed by atoms with Crippen molar-refractivity contribution in [2.75, 3.05) is 19.6 Å². The number of allylic oxidation sites excluding steroid dienone is 4. The van der Waals surface area contributed by atoms with Gasteiger partial charge in [0.25, 0.3) is 0 Å². The van der Waals surface area contributed by atoms with E-state index >= 15 is 0 Å². The Labute approximate surface area is 165 Å². The second kappa shape index (κ2) is 13.6. The SMILES string of the molecule is CC(C)=CCCC(C)CCC1CCCN(CCC(C)CCC=C(C)C)C1. The Morgan fingerprint density at radius 2 is 1.46 bits per heavy atom. The quantitative estimate of drug-likeness (QED) is 0.323. The van der Waals surface area contributed by atoms with Crippen molar-refractivity contribution in [2.24, 2.45) is 17.8 Å². The monoisotopic (exact) mass is 361 g/mol. The van der Waals surface area contributed by atoms with Crippen molar-refractivity contribution in [3.05, 3.63) is 23.3 Å². The molecule has 0 bridgehead atoms. The molecule has 0 radical (unpaired) electrons. The van der Waals surface area contributed by atoms with Crippen LogP contribution in [-0.2, 0) is 0 Å². The number of rotatable bonds is 12. The van der Waals surface area contributed by atoms with Crippen LogP contribution in [0.5, 0.6) is 0 Å². The first-order valence-electron chi connectivity index (χ1n) is 11.4. The Kier molecular flexibility index (Phi) is 12.3. The number of nitrogens with zero attached hydrogens (tertiary/aromatic N) is 1. The van der Waals surface area contributed by atoms with Crippen molar-refractivity contribution in [1.82, 2.24) is 4.90 Å². The van der Waals surface area contributed by atoms with E-state index in [9.17, 15) is 0 Å². The van der Waals surface area contributed by atoms with Crippen molar-refractivity contribution in [2.45, 2.75) is 99.3 Å². The van der Waals surface area contributed by atoms with Gasteiger partial charge in [-0.15, -0.1) is 0 Å². The van der Waals surface area contributed by atoms with Gasteiger partial charge in [0.1, 0.15) is 0 Å². The molecule has 0 N–H and O–H groups in total. The molecule has 152 valence electrons. The van der Waals surface area contributed by atoms with E-state index in [4.69, 9.17) is 0 Å². The third-order valence-corrected chi connectivity index (χ3v) is 6.03. The van der Waals surface area contributed by atoms with Crippen molar-refractivity contribution < 1.29 is 0 Å². The average Bonchev–Trinajstić information content (AvgIpc) is 2.58. The fourth-order valence-electron chi connectivity index (χ4n) is 4.11. The molecule has 3 unspecified atom stereocenters. The van der Waals surface area contributed by atoms with E-state index in [1.165, 1.54) is 88.6 Å². The van der Waals surface area contributed by atoms with Gasteiger partial charge in [0.15, 0.2) is 0 Å². The standard InChI is InChI=1S/C25H47N/c1-21(2)10-7-12-23(5)15-16-25-14-9-18-26(20-25)19-17-24(6)13-8-11-22(3)4/h10-11,23-25H,7-9,12-20H2,1-6H3. The van der Waals surface area contributed by atoms with Crippen molar-refractivity contribution >= 4 is 0 Å². The minimum absolute atomic E-state index is 0.862. The zero-order valence-corrected chi connectivity index (χ0v) is 18.8. The molecule has 26 heavy (non-hydrogen) atoms. The highest BCUT2D eigenvalue weighted by atomic mass is 15.1. The molecule has 0 saturated carbocycles. The Morgan fingerprint density at radius 1 is 0.885 bits per heavy atom. The van der Waals surface area contributed by atoms with Crippen LogP contribution in [0, 0.1) is 17.8 Å². The molecule has 0 aromatic heterocycles. The van der Waals surface area contributed by atoms with Crippen LogP contribution in [0.15, 0.2) is 23.3 Å². The highest BCUT2D eigenvalue weighted by Gasteiger charge is 2.20. The fourth-order valence-corrected chi connectivity index (χ4v) is 4.11. The topological polar surface area (TPSA) is 3.24 Å². The lowest BCUT2D eigenvalue weighted by Gasteiger charge is -2.33. The third-order valence-electron chi connectivity index (χ3n) is 6.03. The summed E-state index contributed by atoms with van der Waals surface area (Å²) >= 11 is 0. The van der Waals surface area contributed by atoms with Crippen LogP contribution in [0.25, 0.3) is 0 Å². The van der Waals surface area contributed by atoms with Crippen LogP contribution in [-0.4, -0.2) is 24.5 Å². The lowest BCUT2D eigenvalue weighted by atomic mass is 9.88. The molecule has 1 nitrogen and oxygen atoms in total. The molecule has 1 aliphatic rings. The molecule has 0 aromatic carbocycles. The number of piperidine rings is 1. The Morgan fingerprint density at radius 3 is 2.04 bits per heavy atom. The van der Waals surface area contributed by atoms with Crippen molar-refractivity contribution in [1.29, 1.82) is 0 Å². The summed E-state index contributed by atoms with van der Waals surface area (Å²) in [5.74, 6) is 2.70. The normalized spacial score (nSPS) is 20.5. The summed E-state index contributed by atoms with van der Waals surface area (Å²) in [5.41, 5.74) is 2.93. The fraction of sp³-hybridized carbons (Fsp3) is 0.840. The summed E-state index contributed by atoms with van der Waals surface area (Å²) in [6.07, 6.45) is 17.2. The molecule has 0 aliphatic carbocycles. The van der Waals surface area contributed by atoms with Gasteiger partial charge in [0, 0.05) is 6.54 Å². The Bertz CT molecular complexity index is 374. The maximum atomic E-state index is 2.76. The van der Waals surface area contributed by atoms with Gasteiger partial charge in [-0.1, -0.05) is 43.6 Å². The lowest BCUT2D eigenvalue weighted by Crippen LogP contribution is -2.36. The van der Waals surface area contributed by atoms with E-state index in [2.05, 4.69) is 58.6 Å². The first-order valence-corrected chi connectivity index (χ1v) is 11.4. The van der Waals surface area contributed by atoms with Crippen LogP contribution >= 0.6 is 0 Å². The van der Waals surface area contributed by atoms with E-state index in [0.717, 1.165) is 17.8 Å². The average molecular weight is 362 g/mol. The summed E-state index contributed by atoms with van der Waals surface area (Å²) in [5, 5.41) is 0. The number of likely N-dealkylation sites (tertiary alicyclic amines) is 1. The molecule has 1 rings (SSSR count). The van der Waals surface area contributed by atoms with Crippen LogP contribution in [0.2, 0.25) is 0 Å². The summed E-state index contributed by atoms with van der Waals surface area (Å²) in [4.78, 5) is 2.76. The lowest BCUT2D eigenvalue weighted by molar-refractivity contribution is 0.155. The zero-order chi connectivity index (χ0) is 19.4. The predicted molar refractivity (Wildman–Crippen MR) is 119 cm³/mol. The van der Waals surface area contributed by atoms with E-state index in [-0.39, 0.29) is 0 Å². The van der Waals surface area contributed by atoms with Gasteiger partial charge in [-0.05, 0) is 110 Å². The van der Waals surface area contributed by atoms with Crippen LogP contribution in [0.4, 0.5) is 0 Å². The highest BCUT2D eigenvalue weighted by molar-refractivity contribution is 4.93. The second-order valence-electron chi connectivity index (χ2n) is 9.60. The third kappa shape index (κ3) is 11.9. The molecule has 1 saturated heterocycles. The minimum Gasteiger partial charge on any atom is -0.303 e. The summed E-state index contributed by atoms with van der Waals surface area (Å²) in [7, 11) is 0. The van der Waals surface area contributed by atoms with Crippen molar-refractivity contribution in [3.63, 3.8) is 0 Å². The zero-order valence-electron chi connectivity index (χ0n) is 18.8. The van der Waals surface area contributed by atoms with Crippen LogP contribution in [0.3, 0.4) is 0 Å². The maximum absolute atomic E-state index is 2.76. The predicted octanol–water partition coefficient (Wildman–Crippen LogP) is 7.63. The largest absolute Gasteiger partial charge is 0.303 e. The van der Waals surface area contributed by atoms with Gasteiger partial charge >= 0.3 is 0 Å². The molecule has 1 fully saturated rings. The molecule has 0 spiro atoms. The summed E-state index contributed by atoms with van der Waals surface area (Å²) < 4.78 is 0. The Hall–Kier alpha value is -0.560. The molecular weight excluding hydrogens is 314 g/mol. The minimum atomic E-state index is 0.862. The molecule has 0 amide bonds. The molecule has 3 atom stereocenters. The van der Waals surface area contributed by atoms with Crippen LogP contribution < -0.4 is 0 Å². The van der Waals surface area contributed by atoms with Crippen molar-refractivity contribution in [3.8, 4) is 0 Å². The van der Waals surface area contributed by atoms with Gasteiger partial charge in [-0.3, -0.25) is 0 Å². The van der Waals surface area contributed by atoms with Gasteiger partial charge in [0.2, 0.25) is 0 Å². The molecular formula is C25H47N. The van der Waals surface area contributed by atoms with Crippen LogP contribution in [0.1, 0.15) is 99.3 Å². The summed E-state index contributed by atoms with van der Waals surface area (Å²) in [6, 6.07) is 0. The Balaban J connectivity index is 2.19. The second-order valence-corrected chi connectivity index (χ2v) is 9.60. The summed E-state index contributed by atoms with van der Waals surface area (Å²) in [6.45, 7) is 17.8. The molecule has 1 heterocycles. The van der Waals surface area contributed by atoms with E-state index < -0.39 is 0 Å². The van der Waals surface area contributed by atoms with Gasteiger partial charge in [-0.2, -0.15) is 0 Å². The molecule has 1 heteroatoms. The van der Waals surface area contributed by atoms with Gasteiger partial charge < -0.3 is 4.90 Å². The van der Waals surface area contributed by atoms with Gasteiger partial charge in [0.05, 0.1) is 0 Å². The van der Waals surface area contributed by atoms with E-state index in [1.807, 2.05) is 0 Å². The highest BCUT2D eigenvalue weighted by Crippen LogP contribution is 2.25. The molecule has 1 aliphatic heterocycles. The van der Waals surface area contributed by atoms with Gasteiger partial charge in [-0.25, -0.2) is 0 Å². The van der Waals surface area contributed by atoms with E-state index in [0.29, 0.717) is 0 Å². The smallest absolute Gasteiger partial charge is 0.000967 e. The molecule has 0 aromatic rings. The number of hydrogen-bond donors (Lipinski definition) is 0. The van der Waals surface area contributed by atoms with E-state index in [1.54, 1.807) is 0 Å².